The predicted octanol–water partition coefficient (Wildman–Crippen LogP) is 2.60. The molecular weight excluding hydrogens is 490 g/mol. The van der Waals surface area contributed by atoms with E-state index in [0.29, 0.717) is 13.1 Å². The predicted molar refractivity (Wildman–Crippen MR) is 124 cm³/mol. The summed E-state index contributed by atoms with van der Waals surface area (Å²) >= 11 is 0. The molecule has 0 aromatic heterocycles. The molecule has 0 radical (unpaired) electrons. The summed E-state index contributed by atoms with van der Waals surface area (Å²) in [6.07, 6.45) is 0.747. The molecule has 0 aliphatic carbocycles. The smallest absolute Gasteiger partial charge is 0.309 e. The minimum absolute atomic E-state index is 0.0176. The molecule has 0 bridgehead atoms. The number of nitrogens with zero attached hydrogens (tertiary/aromatic N) is 12. The average molecular weight is 519 g/mol. The lowest BCUT2D eigenvalue weighted by Crippen LogP contribution is -2.04. The van der Waals surface area contributed by atoms with E-state index in [1.165, 1.54) is 0 Å². The Bertz CT molecular complexity index is 725. The topological polar surface area (TPSA) is 351 Å². The summed E-state index contributed by atoms with van der Waals surface area (Å²) in [4.78, 5) is 39.1. The fourth-order valence-electron chi connectivity index (χ4n) is 1.12. The van der Waals surface area contributed by atoms with Crippen molar-refractivity contribution in [1.82, 2.24) is 0 Å². The van der Waals surface area contributed by atoms with E-state index in [0.717, 1.165) is 6.42 Å². The quantitative estimate of drug-likeness (QED) is 0.0946. The van der Waals surface area contributed by atoms with Gasteiger partial charge in [0.25, 0.3) is 0 Å². The number of carbonyl (C=O) groups is 3. The van der Waals surface area contributed by atoms with Gasteiger partial charge in [-0.3, -0.25) is 14.4 Å². The number of carboxylic acids is 3. The Labute approximate surface area is 204 Å². The highest BCUT2D eigenvalue weighted by atomic mass is 16.5. The monoisotopic (exact) mass is 519 g/mol. The van der Waals surface area contributed by atoms with E-state index in [9.17, 15) is 14.4 Å². The molecule has 0 atom stereocenters. The summed E-state index contributed by atoms with van der Waals surface area (Å²) < 4.78 is 9.60. The number of ether oxygens (including phenoxy) is 2. The Balaban J connectivity index is -0.000000194. The van der Waals surface area contributed by atoms with Crippen molar-refractivity contribution in [2.75, 3.05) is 59.2 Å². The van der Waals surface area contributed by atoms with Gasteiger partial charge < -0.3 is 30.5 Å². The molecule has 5 N–H and O–H groups in total. The Kier molecular flexibility index (Phi) is 40.7. The van der Waals surface area contributed by atoms with E-state index in [-0.39, 0.29) is 52.4 Å². The number of aliphatic carboxylic acids is 3. The largest absolute Gasteiger partial charge is 0.481 e. The van der Waals surface area contributed by atoms with Crippen LogP contribution in [0, 0.1) is 0 Å². The van der Waals surface area contributed by atoms with Gasteiger partial charge in [-0.15, -0.1) is 0 Å². The van der Waals surface area contributed by atoms with Crippen LogP contribution in [0.15, 0.2) is 20.5 Å². The van der Waals surface area contributed by atoms with Crippen LogP contribution >= 0.6 is 0 Å². The van der Waals surface area contributed by atoms with Crippen molar-refractivity contribution in [3.8, 4) is 0 Å². The molecule has 0 fully saturated rings. The standard InChI is InChI=1S/2C5H9N3O3.C3H8N4.C2H3N3O2/c2*6-8-7-2-4-11-3-1-5(9)10;4-2-1-3-6-7-5;3-5-4-1-2(6)7/h2*1-4H2,(H,9,10);1-4H2;1H2,(H,6,7). The van der Waals surface area contributed by atoms with Gasteiger partial charge >= 0.3 is 17.9 Å². The second-order valence-corrected chi connectivity index (χ2v) is 5.30. The molecule has 0 saturated carbocycles. The minimum Gasteiger partial charge on any atom is -0.481 e. The van der Waals surface area contributed by atoms with Crippen molar-refractivity contribution in [3.63, 3.8) is 0 Å². The Hall–Kier alpha value is -4.47. The summed E-state index contributed by atoms with van der Waals surface area (Å²) in [5.41, 5.74) is 35.9. The normalized spacial score (nSPS) is 8.14. The molecule has 0 heterocycles. The lowest BCUT2D eigenvalue weighted by atomic mass is 10.4. The lowest BCUT2D eigenvalue weighted by molar-refractivity contribution is -0.139. The van der Waals surface area contributed by atoms with Crippen LogP contribution in [0.2, 0.25) is 0 Å². The maximum absolute atomic E-state index is 9.93. The van der Waals surface area contributed by atoms with Crippen molar-refractivity contribution in [3.05, 3.63) is 41.8 Å². The Morgan fingerprint density at radius 2 is 1.03 bits per heavy atom. The second-order valence-electron chi connectivity index (χ2n) is 5.30. The maximum atomic E-state index is 9.93. The number of azide groups is 4. The molecule has 21 heteroatoms. The zero-order valence-electron chi connectivity index (χ0n) is 19.3. The third-order valence-corrected chi connectivity index (χ3v) is 2.51. The van der Waals surface area contributed by atoms with Crippen LogP contribution in [0.3, 0.4) is 0 Å². The highest BCUT2D eigenvalue weighted by Gasteiger charge is 1.95. The molecule has 0 aliphatic heterocycles. The molecule has 0 rings (SSSR count). The minimum atomic E-state index is -1.11. The first-order valence-corrected chi connectivity index (χ1v) is 9.77. The SMILES string of the molecule is [N-]=[N+]=NCC(=O)O.[N-]=[N+]=NCCCN.[N-]=[N+]=NCCOCCC(=O)O.[N-]=[N+]=NCCOCCC(=O)O. The number of nitrogens with two attached hydrogens (primary N) is 1. The molecule has 21 nitrogen and oxygen atoms in total. The lowest BCUT2D eigenvalue weighted by Gasteiger charge is -1.96. The van der Waals surface area contributed by atoms with Crippen molar-refractivity contribution in [1.29, 1.82) is 0 Å². The second kappa shape index (κ2) is 37.8. The van der Waals surface area contributed by atoms with Gasteiger partial charge in [0.1, 0.15) is 6.54 Å². The first kappa shape index (κ1) is 38.8. The van der Waals surface area contributed by atoms with Crippen molar-refractivity contribution in [2.45, 2.75) is 19.3 Å². The van der Waals surface area contributed by atoms with Crippen molar-refractivity contribution < 1.29 is 39.2 Å². The van der Waals surface area contributed by atoms with Crippen LogP contribution in [-0.2, 0) is 23.9 Å². The first-order chi connectivity index (χ1) is 17.2. The average Bonchev–Trinajstić information content (AvgIpc) is 2.83. The zero-order valence-corrected chi connectivity index (χ0v) is 19.3. The van der Waals surface area contributed by atoms with E-state index in [2.05, 4.69) is 40.1 Å². The summed E-state index contributed by atoms with van der Waals surface area (Å²) in [6.45, 7) is 2.01. The molecule has 0 aliphatic rings. The number of hydrogen-bond acceptors (Lipinski definition) is 10. The Morgan fingerprint density at radius 1 is 0.639 bits per heavy atom. The molecular formula is C15H29N13O8. The molecule has 0 aromatic rings. The van der Waals surface area contributed by atoms with E-state index in [1.54, 1.807) is 0 Å². The van der Waals surface area contributed by atoms with Gasteiger partial charge in [0, 0.05) is 39.3 Å². The number of rotatable bonds is 17. The van der Waals surface area contributed by atoms with Crippen molar-refractivity contribution >= 4 is 17.9 Å². The summed E-state index contributed by atoms with van der Waals surface area (Å²) in [5.74, 6) is -2.90. The van der Waals surface area contributed by atoms with Crippen LogP contribution in [0.25, 0.3) is 41.8 Å². The fourth-order valence-corrected chi connectivity index (χ4v) is 1.12. The molecule has 0 unspecified atom stereocenters. The highest BCUT2D eigenvalue weighted by Crippen LogP contribution is 1.83. The zero-order chi connectivity index (χ0) is 28.3. The number of hydrogen-bond donors (Lipinski definition) is 4. The van der Waals surface area contributed by atoms with Crippen LogP contribution in [0.4, 0.5) is 0 Å². The van der Waals surface area contributed by atoms with Gasteiger partial charge in [-0.1, -0.05) is 20.5 Å². The van der Waals surface area contributed by atoms with E-state index in [1.807, 2.05) is 0 Å². The van der Waals surface area contributed by atoms with Crippen LogP contribution < -0.4 is 5.73 Å². The molecule has 36 heavy (non-hydrogen) atoms. The summed E-state index contributed by atoms with van der Waals surface area (Å²) in [5, 5.41) is 36.5. The molecule has 202 valence electrons. The van der Waals surface area contributed by atoms with Crippen LogP contribution in [-0.4, -0.2) is 92.4 Å². The van der Waals surface area contributed by atoms with E-state index < -0.39 is 24.5 Å². The van der Waals surface area contributed by atoms with Gasteiger partial charge in [-0.05, 0) is 35.1 Å². The fraction of sp³-hybridized carbons (Fsp3) is 0.800. The summed E-state index contributed by atoms with van der Waals surface area (Å²) in [7, 11) is 0. The van der Waals surface area contributed by atoms with Gasteiger partial charge in [0.05, 0.1) is 39.3 Å². The van der Waals surface area contributed by atoms with Crippen LogP contribution in [0.5, 0.6) is 0 Å². The van der Waals surface area contributed by atoms with E-state index >= 15 is 0 Å². The third kappa shape index (κ3) is 63.0. The van der Waals surface area contributed by atoms with Gasteiger partial charge in [-0.25, -0.2) is 0 Å². The first-order valence-electron chi connectivity index (χ1n) is 9.77. The van der Waals surface area contributed by atoms with Crippen LogP contribution in [0.1, 0.15) is 19.3 Å². The Morgan fingerprint density at radius 3 is 1.31 bits per heavy atom. The third-order valence-electron chi connectivity index (χ3n) is 2.51. The summed E-state index contributed by atoms with van der Waals surface area (Å²) in [6, 6.07) is 0. The highest BCUT2D eigenvalue weighted by molar-refractivity contribution is 5.69. The number of carboxylic acid groups (broad SMARTS) is 3. The van der Waals surface area contributed by atoms with Crippen molar-refractivity contribution in [2.24, 2.45) is 26.2 Å². The van der Waals surface area contributed by atoms with Gasteiger partial charge in [0.2, 0.25) is 0 Å². The molecule has 0 spiro atoms. The van der Waals surface area contributed by atoms with E-state index in [4.69, 9.17) is 52.7 Å². The van der Waals surface area contributed by atoms with Gasteiger partial charge in [0.15, 0.2) is 0 Å². The molecule has 0 amide bonds. The van der Waals surface area contributed by atoms with Gasteiger partial charge in [-0.2, -0.15) is 0 Å². The molecule has 0 saturated heterocycles. The maximum Gasteiger partial charge on any atom is 0.309 e. The molecule has 0 aromatic carbocycles.